The molecule has 0 radical (unpaired) electrons. The SMILES string of the molecule is CC(C)OCCN(C)CCC(O)(CN)c1ccccc1. The third-order valence-electron chi connectivity index (χ3n) is 3.48. The number of aliphatic hydroxyl groups is 1. The maximum absolute atomic E-state index is 10.7. The van der Waals surface area contributed by atoms with Crippen molar-refractivity contribution in [1.82, 2.24) is 4.90 Å². The number of hydrogen-bond donors (Lipinski definition) is 2. The van der Waals surface area contributed by atoms with Gasteiger partial charge >= 0.3 is 0 Å². The lowest BCUT2D eigenvalue weighted by atomic mass is 9.90. The van der Waals surface area contributed by atoms with Gasteiger partial charge in [0.1, 0.15) is 5.60 Å². The first-order valence-corrected chi connectivity index (χ1v) is 7.26. The van der Waals surface area contributed by atoms with Crippen molar-refractivity contribution in [3.63, 3.8) is 0 Å². The van der Waals surface area contributed by atoms with Crippen molar-refractivity contribution < 1.29 is 9.84 Å². The topological polar surface area (TPSA) is 58.7 Å². The summed E-state index contributed by atoms with van der Waals surface area (Å²) in [7, 11) is 2.03. The molecular weight excluding hydrogens is 252 g/mol. The summed E-state index contributed by atoms with van der Waals surface area (Å²) in [5, 5.41) is 10.7. The van der Waals surface area contributed by atoms with Gasteiger partial charge in [-0.2, -0.15) is 0 Å². The highest BCUT2D eigenvalue weighted by atomic mass is 16.5. The number of nitrogens with zero attached hydrogens (tertiary/aromatic N) is 1. The molecule has 4 nitrogen and oxygen atoms in total. The van der Waals surface area contributed by atoms with E-state index in [1.807, 2.05) is 51.2 Å². The standard InChI is InChI=1S/C16H28N2O2/c1-14(2)20-12-11-18(3)10-9-16(19,13-17)15-7-5-4-6-8-15/h4-8,14,19H,9-13,17H2,1-3H3. The molecule has 0 amide bonds. The lowest BCUT2D eigenvalue weighted by molar-refractivity contribution is 0.0210. The molecular formula is C16H28N2O2. The maximum atomic E-state index is 10.7. The van der Waals surface area contributed by atoms with Crippen LogP contribution in [-0.2, 0) is 10.3 Å². The Hall–Kier alpha value is -0.940. The monoisotopic (exact) mass is 280 g/mol. The average Bonchev–Trinajstić information content (AvgIpc) is 2.45. The van der Waals surface area contributed by atoms with Crippen LogP contribution >= 0.6 is 0 Å². The lowest BCUT2D eigenvalue weighted by Gasteiger charge is -2.29. The van der Waals surface area contributed by atoms with Crippen LogP contribution in [-0.4, -0.2) is 49.4 Å². The van der Waals surface area contributed by atoms with Gasteiger partial charge in [-0.05, 0) is 32.9 Å². The van der Waals surface area contributed by atoms with Gasteiger partial charge in [-0.15, -0.1) is 0 Å². The summed E-state index contributed by atoms with van der Waals surface area (Å²) in [6.45, 7) is 6.64. The summed E-state index contributed by atoms with van der Waals surface area (Å²) in [4.78, 5) is 2.16. The summed E-state index contributed by atoms with van der Waals surface area (Å²) in [6.07, 6.45) is 0.875. The Bertz CT molecular complexity index is 370. The van der Waals surface area contributed by atoms with E-state index in [-0.39, 0.29) is 12.6 Å². The minimum Gasteiger partial charge on any atom is -0.384 e. The van der Waals surface area contributed by atoms with Crippen LogP contribution in [0.1, 0.15) is 25.8 Å². The van der Waals surface area contributed by atoms with Crippen LogP contribution in [0.25, 0.3) is 0 Å². The molecule has 3 N–H and O–H groups in total. The Labute approximate surface area is 122 Å². The molecule has 0 aromatic heterocycles. The summed E-state index contributed by atoms with van der Waals surface area (Å²) in [5.74, 6) is 0. The fourth-order valence-corrected chi connectivity index (χ4v) is 2.04. The average molecular weight is 280 g/mol. The second-order valence-electron chi connectivity index (χ2n) is 5.57. The first kappa shape index (κ1) is 17.1. The molecule has 1 aromatic carbocycles. The molecule has 0 aliphatic carbocycles. The molecule has 1 atom stereocenters. The van der Waals surface area contributed by atoms with E-state index in [1.54, 1.807) is 0 Å². The highest BCUT2D eigenvalue weighted by Crippen LogP contribution is 2.23. The molecule has 0 aliphatic heterocycles. The minimum atomic E-state index is -0.950. The normalized spacial score (nSPS) is 14.8. The summed E-state index contributed by atoms with van der Waals surface area (Å²) < 4.78 is 5.53. The molecule has 0 saturated heterocycles. The molecule has 0 bridgehead atoms. The van der Waals surface area contributed by atoms with Crippen molar-refractivity contribution in [2.24, 2.45) is 5.73 Å². The predicted molar refractivity (Wildman–Crippen MR) is 82.6 cm³/mol. The fourth-order valence-electron chi connectivity index (χ4n) is 2.04. The van der Waals surface area contributed by atoms with Crippen LogP contribution in [0.2, 0.25) is 0 Å². The maximum Gasteiger partial charge on any atom is 0.103 e. The zero-order chi connectivity index (χ0) is 15.0. The zero-order valence-electron chi connectivity index (χ0n) is 12.9. The molecule has 0 heterocycles. The largest absolute Gasteiger partial charge is 0.384 e. The van der Waals surface area contributed by atoms with E-state index in [4.69, 9.17) is 10.5 Å². The van der Waals surface area contributed by atoms with Gasteiger partial charge in [0.25, 0.3) is 0 Å². The van der Waals surface area contributed by atoms with Gasteiger partial charge in [0.15, 0.2) is 0 Å². The highest BCUT2D eigenvalue weighted by Gasteiger charge is 2.27. The van der Waals surface area contributed by atoms with E-state index < -0.39 is 5.60 Å². The quantitative estimate of drug-likeness (QED) is 0.721. The summed E-state index contributed by atoms with van der Waals surface area (Å²) in [5.41, 5.74) is 5.71. The second-order valence-corrected chi connectivity index (χ2v) is 5.57. The van der Waals surface area contributed by atoms with Crippen LogP contribution in [0.15, 0.2) is 30.3 Å². The van der Waals surface area contributed by atoms with Crippen molar-refractivity contribution in [1.29, 1.82) is 0 Å². The van der Waals surface area contributed by atoms with Crippen molar-refractivity contribution in [2.75, 3.05) is 33.3 Å². The molecule has 20 heavy (non-hydrogen) atoms. The highest BCUT2D eigenvalue weighted by molar-refractivity contribution is 5.22. The van der Waals surface area contributed by atoms with E-state index in [2.05, 4.69) is 4.90 Å². The second kappa shape index (κ2) is 8.37. The Kier molecular flexibility index (Phi) is 7.16. The van der Waals surface area contributed by atoms with Crippen LogP contribution in [0.5, 0.6) is 0 Å². The van der Waals surface area contributed by atoms with E-state index in [9.17, 15) is 5.11 Å². The number of nitrogens with two attached hydrogens (primary N) is 1. The van der Waals surface area contributed by atoms with Gasteiger partial charge in [0.05, 0.1) is 12.7 Å². The van der Waals surface area contributed by atoms with Crippen LogP contribution < -0.4 is 5.73 Å². The predicted octanol–water partition coefficient (Wildman–Crippen LogP) is 1.58. The Morgan fingerprint density at radius 2 is 1.90 bits per heavy atom. The van der Waals surface area contributed by atoms with Crippen molar-refractivity contribution in [3.05, 3.63) is 35.9 Å². The number of rotatable bonds is 9. The molecule has 1 aromatic rings. The molecule has 114 valence electrons. The van der Waals surface area contributed by atoms with E-state index in [0.29, 0.717) is 13.0 Å². The Morgan fingerprint density at radius 3 is 2.45 bits per heavy atom. The number of ether oxygens (including phenoxy) is 1. The summed E-state index contributed by atoms with van der Waals surface area (Å²) >= 11 is 0. The van der Waals surface area contributed by atoms with Gasteiger partial charge in [-0.3, -0.25) is 0 Å². The smallest absolute Gasteiger partial charge is 0.103 e. The lowest BCUT2D eigenvalue weighted by Crippen LogP contribution is -2.39. The summed E-state index contributed by atoms with van der Waals surface area (Å²) in [6, 6.07) is 9.64. The molecule has 1 unspecified atom stereocenters. The van der Waals surface area contributed by atoms with Crippen molar-refractivity contribution >= 4 is 0 Å². The Balaban J connectivity index is 2.45. The first-order valence-electron chi connectivity index (χ1n) is 7.26. The van der Waals surface area contributed by atoms with Gasteiger partial charge in [-0.1, -0.05) is 30.3 Å². The first-order chi connectivity index (χ1) is 9.48. The zero-order valence-corrected chi connectivity index (χ0v) is 12.9. The minimum absolute atomic E-state index is 0.230. The number of likely N-dealkylation sites (N-methyl/N-ethyl adjacent to an activating group) is 1. The fraction of sp³-hybridized carbons (Fsp3) is 0.625. The third kappa shape index (κ3) is 5.59. The van der Waals surface area contributed by atoms with E-state index in [1.165, 1.54) is 0 Å². The van der Waals surface area contributed by atoms with Gasteiger partial charge < -0.3 is 20.5 Å². The van der Waals surface area contributed by atoms with Gasteiger partial charge in [0.2, 0.25) is 0 Å². The Morgan fingerprint density at radius 1 is 1.25 bits per heavy atom. The van der Waals surface area contributed by atoms with Crippen LogP contribution in [0, 0.1) is 0 Å². The molecule has 4 heteroatoms. The molecule has 0 aliphatic rings. The van der Waals surface area contributed by atoms with Crippen LogP contribution in [0.4, 0.5) is 0 Å². The number of benzene rings is 1. The molecule has 0 spiro atoms. The van der Waals surface area contributed by atoms with Crippen molar-refractivity contribution in [3.8, 4) is 0 Å². The van der Waals surface area contributed by atoms with Gasteiger partial charge in [-0.25, -0.2) is 0 Å². The third-order valence-corrected chi connectivity index (χ3v) is 3.48. The van der Waals surface area contributed by atoms with Crippen LogP contribution in [0.3, 0.4) is 0 Å². The van der Waals surface area contributed by atoms with E-state index in [0.717, 1.165) is 18.7 Å². The van der Waals surface area contributed by atoms with E-state index >= 15 is 0 Å². The van der Waals surface area contributed by atoms with Gasteiger partial charge in [0, 0.05) is 19.6 Å². The number of hydrogen-bond acceptors (Lipinski definition) is 4. The van der Waals surface area contributed by atoms with Crippen molar-refractivity contribution in [2.45, 2.75) is 32.0 Å². The molecule has 0 saturated carbocycles. The molecule has 0 fully saturated rings. The molecule has 1 rings (SSSR count).